The first-order valence-corrected chi connectivity index (χ1v) is 9.04. The zero-order valence-electron chi connectivity index (χ0n) is 15.6. The molecule has 0 saturated carbocycles. The molecule has 0 unspecified atom stereocenters. The number of amides is 1. The van der Waals surface area contributed by atoms with Crippen LogP contribution in [0.15, 0.2) is 30.6 Å². The molecule has 0 fully saturated rings. The summed E-state index contributed by atoms with van der Waals surface area (Å²) in [4.78, 5) is 16.3. The first kappa shape index (κ1) is 20.7. The number of nitrogens with zero attached hydrogens (tertiary/aromatic N) is 2. The summed E-state index contributed by atoms with van der Waals surface area (Å²) in [7, 11) is 0. The first-order valence-electron chi connectivity index (χ1n) is 9.04. The summed E-state index contributed by atoms with van der Waals surface area (Å²) in [5.74, 6) is 1.03. The van der Waals surface area contributed by atoms with Crippen molar-refractivity contribution in [2.75, 3.05) is 19.8 Å². The molecule has 0 bridgehead atoms. The summed E-state index contributed by atoms with van der Waals surface area (Å²) in [5.41, 5.74) is 0.419. The molecular weight excluding hydrogens is 356 g/mol. The number of aromatic nitrogens is 2. The third-order valence-electron chi connectivity index (χ3n) is 3.72. The zero-order valence-corrected chi connectivity index (χ0v) is 15.6. The van der Waals surface area contributed by atoms with Crippen molar-refractivity contribution in [2.45, 2.75) is 39.7 Å². The highest BCUT2D eigenvalue weighted by atomic mass is 19.3. The molecule has 0 spiro atoms. The van der Waals surface area contributed by atoms with Gasteiger partial charge in [-0.15, -0.1) is 0 Å². The fourth-order valence-electron chi connectivity index (χ4n) is 2.41. The number of nitrogens with one attached hydrogen (secondary N) is 1. The minimum absolute atomic E-state index is 0.196. The third kappa shape index (κ3) is 5.94. The maximum Gasteiger partial charge on any atom is 0.319 e. The Bertz CT molecular complexity index is 735. The Morgan fingerprint density at radius 3 is 2.56 bits per heavy atom. The van der Waals surface area contributed by atoms with E-state index in [1.165, 1.54) is 12.4 Å². The highest BCUT2D eigenvalue weighted by Gasteiger charge is 2.14. The number of rotatable bonds is 11. The molecule has 0 aliphatic heterocycles. The molecule has 0 radical (unpaired) electrons. The SMILES string of the molecule is CCCOc1ccc(C(=O)NCCc2nccn2C(F)F)cc1OCCC. The minimum Gasteiger partial charge on any atom is -0.490 e. The van der Waals surface area contributed by atoms with E-state index in [9.17, 15) is 13.6 Å². The van der Waals surface area contributed by atoms with E-state index in [-0.39, 0.29) is 24.7 Å². The van der Waals surface area contributed by atoms with Crippen molar-refractivity contribution < 1.29 is 23.0 Å². The van der Waals surface area contributed by atoms with E-state index in [2.05, 4.69) is 10.3 Å². The molecule has 8 heteroatoms. The van der Waals surface area contributed by atoms with Crippen LogP contribution in [0.3, 0.4) is 0 Å². The van der Waals surface area contributed by atoms with E-state index >= 15 is 0 Å². The van der Waals surface area contributed by atoms with Crippen LogP contribution in [0, 0.1) is 0 Å². The topological polar surface area (TPSA) is 65.4 Å². The predicted molar refractivity (Wildman–Crippen MR) is 97.5 cm³/mol. The molecule has 0 saturated heterocycles. The maximum absolute atomic E-state index is 12.8. The average Bonchev–Trinajstić information content (AvgIpc) is 3.13. The number of carbonyl (C=O) groups is 1. The number of imidazole rings is 1. The Kier molecular flexibility index (Phi) is 8.03. The molecule has 148 valence electrons. The van der Waals surface area contributed by atoms with Crippen molar-refractivity contribution in [1.29, 1.82) is 0 Å². The molecule has 1 aromatic heterocycles. The van der Waals surface area contributed by atoms with E-state index in [4.69, 9.17) is 9.47 Å². The summed E-state index contributed by atoms with van der Waals surface area (Å²) in [5, 5.41) is 2.72. The van der Waals surface area contributed by atoms with Crippen molar-refractivity contribution in [1.82, 2.24) is 14.9 Å². The van der Waals surface area contributed by atoms with Crippen molar-refractivity contribution >= 4 is 5.91 Å². The van der Waals surface area contributed by atoms with Crippen LogP contribution in [0.4, 0.5) is 8.78 Å². The van der Waals surface area contributed by atoms with E-state index in [0.29, 0.717) is 30.3 Å². The smallest absolute Gasteiger partial charge is 0.319 e. The van der Waals surface area contributed by atoms with Crippen LogP contribution >= 0.6 is 0 Å². The fourth-order valence-corrected chi connectivity index (χ4v) is 2.41. The molecule has 0 atom stereocenters. The molecule has 2 rings (SSSR count). The van der Waals surface area contributed by atoms with Gasteiger partial charge in [-0.3, -0.25) is 9.36 Å². The van der Waals surface area contributed by atoms with E-state index in [1.54, 1.807) is 18.2 Å². The van der Waals surface area contributed by atoms with Crippen LogP contribution in [0.1, 0.15) is 49.4 Å². The maximum atomic E-state index is 12.8. The number of ether oxygens (including phenoxy) is 2. The Morgan fingerprint density at radius 1 is 1.19 bits per heavy atom. The fraction of sp³-hybridized carbons (Fsp3) is 0.474. The quantitative estimate of drug-likeness (QED) is 0.643. The number of benzene rings is 1. The van der Waals surface area contributed by atoms with Crippen LogP contribution in [-0.2, 0) is 6.42 Å². The van der Waals surface area contributed by atoms with Gasteiger partial charge in [0, 0.05) is 30.9 Å². The van der Waals surface area contributed by atoms with Crippen LogP contribution in [0.2, 0.25) is 0 Å². The molecule has 1 N–H and O–H groups in total. The highest BCUT2D eigenvalue weighted by molar-refractivity contribution is 5.94. The number of hydrogen-bond donors (Lipinski definition) is 1. The van der Waals surface area contributed by atoms with Crippen LogP contribution in [0.5, 0.6) is 11.5 Å². The lowest BCUT2D eigenvalue weighted by molar-refractivity contribution is 0.0670. The van der Waals surface area contributed by atoms with Gasteiger partial charge in [-0.2, -0.15) is 8.78 Å². The highest BCUT2D eigenvalue weighted by Crippen LogP contribution is 2.29. The van der Waals surface area contributed by atoms with Gasteiger partial charge >= 0.3 is 6.55 Å². The predicted octanol–water partition coefficient (Wildman–Crippen LogP) is 3.83. The molecular formula is C19H25F2N3O3. The number of carbonyl (C=O) groups excluding carboxylic acids is 1. The first-order chi connectivity index (χ1) is 13.1. The van der Waals surface area contributed by atoms with Gasteiger partial charge in [-0.25, -0.2) is 4.98 Å². The molecule has 1 aromatic carbocycles. The van der Waals surface area contributed by atoms with E-state index in [1.807, 2.05) is 13.8 Å². The lowest BCUT2D eigenvalue weighted by Gasteiger charge is -2.13. The van der Waals surface area contributed by atoms with Gasteiger partial charge in [-0.1, -0.05) is 13.8 Å². The van der Waals surface area contributed by atoms with Crippen molar-refractivity contribution in [3.8, 4) is 11.5 Å². The second-order valence-electron chi connectivity index (χ2n) is 5.89. The normalized spacial score (nSPS) is 10.9. The summed E-state index contributed by atoms with van der Waals surface area (Å²) in [6, 6.07) is 4.99. The molecule has 2 aromatic rings. The van der Waals surface area contributed by atoms with Gasteiger partial charge < -0.3 is 14.8 Å². The van der Waals surface area contributed by atoms with E-state index < -0.39 is 6.55 Å². The molecule has 6 nitrogen and oxygen atoms in total. The van der Waals surface area contributed by atoms with Gasteiger partial charge in [0.1, 0.15) is 5.82 Å². The summed E-state index contributed by atoms with van der Waals surface area (Å²) in [6.07, 6.45) is 4.44. The largest absolute Gasteiger partial charge is 0.490 e. The lowest BCUT2D eigenvalue weighted by Crippen LogP contribution is -2.26. The van der Waals surface area contributed by atoms with Gasteiger partial charge in [0.2, 0.25) is 0 Å². The Balaban J connectivity index is 1.99. The Morgan fingerprint density at radius 2 is 1.89 bits per heavy atom. The zero-order chi connectivity index (χ0) is 19.6. The lowest BCUT2D eigenvalue weighted by atomic mass is 10.2. The van der Waals surface area contributed by atoms with Crippen molar-refractivity contribution in [3.05, 3.63) is 42.0 Å². The summed E-state index contributed by atoms with van der Waals surface area (Å²) < 4.78 is 37.7. The monoisotopic (exact) mass is 381 g/mol. The van der Waals surface area contributed by atoms with Crippen LogP contribution in [-0.4, -0.2) is 35.2 Å². The van der Waals surface area contributed by atoms with Crippen LogP contribution < -0.4 is 14.8 Å². The van der Waals surface area contributed by atoms with Gasteiger partial charge in [-0.05, 0) is 31.0 Å². The van der Waals surface area contributed by atoms with Gasteiger partial charge in [0.05, 0.1) is 13.2 Å². The molecule has 27 heavy (non-hydrogen) atoms. The molecule has 0 aliphatic rings. The average molecular weight is 381 g/mol. The Hall–Kier alpha value is -2.64. The van der Waals surface area contributed by atoms with Crippen LogP contribution in [0.25, 0.3) is 0 Å². The number of alkyl halides is 2. The Labute approximate surface area is 157 Å². The number of halogens is 2. The van der Waals surface area contributed by atoms with Gasteiger partial charge in [0.15, 0.2) is 11.5 Å². The van der Waals surface area contributed by atoms with Crippen molar-refractivity contribution in [3.63, 3.8) is 0 Å². The standard InChI is InChI=1S/C19H25F2N3O3/c1-3-11-26-15-6-5-14(13-16(15)27-12-4-2)18(25)23-8-7-17-22-9-10-24(17)19(20)21/h5-6,9-10,13,19H,3-4,7-8,11-12H2,1-2H3,(H,23,25). The molecule has 1 amide bonds. The second kappa shape index (κ2) is 10.5. The summed E-state index contributed by atoms with van der Waals surface area (Å²) in [6.45, 7) is 2.63. The molecule has 1 heterocycles. The molecule has 0 aliphatic carbocycles. The number of hydrogen-bond acceptors (Lipinski definition) is 4. The second-order valence-corrected chi connectivity index (χ2v) is 5.89. The van der Waals surface area contributed by atoms with E-state index in [0.717, 1.165) is 17.4 Å². The van der Waals surface area contributed by atoms with Crippen molar-refractivity contribution in [2.24, 2.45) is 0 Å². The third-order valence-corrected chi connectivity index (χ3v) is 3.72. The minimum atomic E-state index is -2.65. The van der Waals surface area contributed by atoms with Gasteiger partial charge in [0.25, 0.3) is 5.91 Å². The summed E-state index contributed by atoms with van der Waals surface area (Å²) >= 11 is 0.